The zero-order valence-corrected chi connectivity index (χ0v) is 9.31. The van der Waals surface area contributed by atoms with Crippen LogP contribution in [0.25, 0.3) is 0 Å². The molecule has 0 saturated carbocycles. The highest BCUT2D eigenvalue weighted by atomic mass is 32.1. The van der Waals surface area contributed by atoms with Crippen LogP contribution in [-0.4, -0.2) is 12.1 Å². The molecule has 74 valence electrons. The number of hydrogen-bond acceptors (Lipinski definition) is 4. The van der Waals surface area contributed by atoms with Gasteiger partial charge in [-0.25, -0.2) is 4.98 Å². The highest BCUT2D eigenvalue weighted by Crippen LogP contribution is 2.29. The molecule has 0 aliphatic rings. The summed E-state index contributed by atoms with van der Waals surface area (Å²) >= 11 is 1.61. The first-order valence-corrected chi connectivity index (χ1v) is 5.06. The van der Waals surface area contributed by atoms with Gasteiger partial charge >= 0.3 is 0 Å². The Kier molecular flexibility index (Phi) is 3.05. The number of thiazole rings is 1. The second kappa shape index (κ2) is 3.74. The third kappa shape index (κ3) is 2.27. The van der Waals surface area contributed by atoms with Gasteiger partial charge in [0.1, 0.15) is 10.6 Å². The second-order valence-corrected chi connectivity index (χ2v) is 4.63. The molecule has 0 saturated heterocycles. The van der Waals surface area contributed by atoms with Gasteiger partial charge in [-0.15, -0.1) is 11.3 Å². The molecule has 3 nitrogen and oxygen atoms in total. The third-order valence-corrected chi connectivity index (χ3v) is 3.50. The number of nitrogens with zero attached hydrogens (tertiary/aromatic N) is 1. The Hall–Kier alpha value is -0.450. The molecule has 13 heavy (non-hydrogen) atoms. The molecular formula is C9H16N2OS. The van der Waals surface area contributed by atoms with Crippen LogP contribution in [0.5, 0.6) is 0 Å². The van der Waals surface area contributed by atoms with Gasteiger partial charge in [0.05, 0.1) is 0 Å². The van der Waals surface area contributed by atoms with Crippen molar-refractivity contribution in [3.05, 3.63) is 16.1 Å². The normalized spacial score (nSPS) is 14.5. The van der Waals surface area contributed by atoms with E-state index < -0.39 is 0 Å². The van der Waals surface area contributed by atoms with Gasteiger partial charge < -0.3 is 10.5 Å². The molecule has 0 amide bonds. The minimum absolute atomic E-state index is 0.0545. The number of rotatable bonds is 3. The molecular weight excluding hydrogens is 184 g/mol. The van der Waals surface area contributed by atoms with Crippen molar-refractivity contribution >= 4 is 11.3 Å². The van der Waals surface area contributed by atoms with Gasteiger partial charge in [-0.05, 0) is 20.8 Å². The average molecular weight is 200 g/mol. The summed E-state index contributed by atoms with van der Waals surface area (Å²) in [5, 5.41) is 0.974. The van der Waals surface area contributed by atoms with E-state index in [4.69, 9.17) is 10.5 Å². The lowest BCUT2D eigenvalue weighted by molar-refractivity contribution is 0.0190. The van der Waals surface area contributed by atoms with E-state index in [-0.39, 0.29) is 11.6 Å². The van der Waals surface area contributed by atoms with E-state index in [2.05, 4.69) is 4.98 Å². The van der Waals surface area contributed by atoms with E-state index in [1.165, 1.54) is 0 Å². The van der Waals surface area contributed by atoms with Crippen molar-refractivity contribution in [2.45, 2.75) is 32.4 Å². The fraction of sp³-hybridized carbons (Fsp3) is 0.667. The van der Waals surface area contributed by atoms with Gasteiger partial charge in [-0.1, -0.05) is 0 Å². The molecule has 0 radical (unpaired) electrons. The monoisotopic (exact) mass is 200 g/mol. The number of ether oxygens (including phenoxy) is 1. The van der Waals surface area contributed by atoms with E-state index in [9.17, 15) is 0 Å². The Labute approximate surface area is 82.9 Å². The molecule has 0 bridgehead atoms. The van der Waals surface area contributed by atoms with Crippen molar-refractivity contribution in [3.63, 3.8) is 0 Å². The highest BCUT2D eigenvalue weighted by molar-refractivity contribution is 7.11. The van der Waals surface area contributed by atoms with E-state index in [0.29, 0.717) is 0 Å². The van der Waals surface area contributed by atoms with Gasteiger partial charge in [-0.3, -0.25) is 0 Å². The van der Waals surface area contributed by atoms with Crippen LogP contribution in [-0.2, 0) is 10.3 Å². The quantitative estimate of drug-likeness (QED) is 0.812. The molecule has 0 aliphatic carbocycles. The highest BCUT2D eigenvalue weighted by Gasteiger charge is 2.23. The van der Waals surface area contributed by atoms with E-state index in [0.717, 1.165) is 9.88 Å². The van der Waals surface area contributed by atoms with Gasteiger partial charge in [-0.2, -0.15) is 0 Å². The molecule has 1 rings (SSSR count). The SMILES string of the molecule is COC(C)(C)c1ncc(C(C)N)s1. The van der Waals surface area contributed by atoms with Crippen LogP contribution >= 0.6 is 11.3 Å². The lowest BCUT2D eigenvalue weighted by atomic mass is 10.1. The molecule has 0 aliphatic heterocycles. The second-order valence-electron chi connectivity index (χ2n) is 3.57. The van der Waals surface area contributed by atoms with Crippen LogP contribution in [0.2, 0.25) is 0 Å². The summed E-state index contributed by atoms with van der Waals surface area (Å²) in [7, 11) is 1.69. The van der Waals surface area contributed by atoms with Crippen LogP contribution in [0, 0.1) is 0 Å². The zero-order valence-electron chi connectivity index (χ0n) is 8.50. The van der Waals surface area contributed by atoms with Crippen molar-refractivity contribution < 1.29 is 4.74 Å². The number of methoxy groups -OCH3 is 1. The summed E-state index contributed by atoms with van der Waals surface area (Å²) < 4.78 is 5.32. The Morgan fingerprint density at radius 1 is 1.62 bits per heavy atom. The maximum atomic E-state index is 5.74. The number of hydrogen-bond donors (Lipinski definition) is 1. The molecule has 1 aromatic rings. The third-order valence-electron chi connectivity index (χ3n) is 2.00. The first kappa shape index (κ1) is 10.6. The van der Waals surface area contributed by atoms with Crippen molar-refractivity contribution in [1.29, 1.82) is 0 Å². The number of nitrogens with two attached hydrogens (primary N) is 1. The Morgan fingerprint density at radius 2 is 2.23 bits per heavy atom. The fourth-order valence-corrected chi connectivity index (χ4v) is 1.81. The van der Waals surface area contributed by atoms with Crippen molar-refractivity contribution in [2.24, 2.45) is 5.73 Å². The molecule has 0 fully saturated rings. The molecule has 0 aromatic carbocycles. The maximum absolute atomic E-state index is 5.74. The Balaban J connectivity index is 2.91. The molecule has 4 heteroatoms. The predicted molar refractivity (Wildman–Crippen MR) is 54.8 cm³/mol. The fourth-order valence-electron chi connectivity index (χ4n) is 0.863. The van der Waals surface area contributed by atoms with Gasteiger partial charge in [0.25, 0.3) is 0 Å². The minimum Gasteiger partial charge on any atom is -0.372 e. The summed E-state index contributed by atoms with van der Waals surface area (Å²) in [6, 6.07) is 0.0545. The zero-order chi connectivity index (χ0) is 10.1. The molecule has 2 N–H and O–H groups in total. The molecule has 0 spiro atoms. The Morgan fingerprint density at radius 3 is 2.62 bits per heavy atom. The van der Waals surface area contributed by atoms with E-state index >= 15 is 0 Å². The van der Waals surface area contributed by atoms with Gasteiger partial charge in [0, 0.05) is 24.2 Å². The smallest absolute Gasteiger partial charge is 0.124 e. The summed E-state index contributed by atoms with van der Waals surface area (Å²) in [6.45, 7) is 5.95. The van der Waals surface area contributed by atoms with Crippen LogP contribution in [0.3, 0.4) is 0 Å². The van der Waals surface area contributed by atoms with Crippen LogP contribution < -0.4 is 5.73 Å². The van der Waals surface area contributed by atoms with Crippen molar-refractivity contribution in [1.82, 2.24) is 4.98 Å². The van der Waals surface area contributed by atoms with Crippen LogP contribution in [0.4, 0.5) is 0 Å². The van der Waals surface area contributed by atoms with Crippen molar-refractivity contribution in [3.8, 4) is 0 Å². The molecule has 1 heterocycles. The standard InChI is InChI=1S/C9H16N2OS/c1-6(10)7-5-11-8(13-7)9(2,3)12-4/h5-6H,10H2,1-4H3. The summed E-state index contributed by atoms with van der Waals surface area (Å²) in [5.41, 5.74) is 5.43. The molecule has 1 aromatic heterocycles. The van der Waals surface area contributed by atoms with E-state index in [1.54, 1.807) is 18.4 Å². The van der Waals surface area contributed by atoms with Gasteiger partial charge in [0.2, 0.25) is 0 Å². The maximum Gasteiger partial charge on any atom is 0.124 e. The first-order valence-electron chi connectivity index (χ1n) is 4.24. The summed E-state index contributed by atoms with van der Waals surface area (Å²) in [5.74, 6) is 0. The lowest BCUT2D eigenvalue weighted by Gasteiger charge is -2.19. The van der Waals surface area contributed by atoms with Crippen molar-refractivity contribution in [2.75, 3.05) is 7.11 Å². The number of aromatic nitrogens is 1. The largest absolute Gasteiger partial charge is 0.372 e. The van der Waals surface area contributed by atoms with Crippen LogP contribution in [0.15, 0.2) is 6.20 Å². The summed E-state index contributed by atoms with van der Waals surface area (Å²) in [6.07, 6.45) is 1.82. The minimum atomic E-state index is -0.308. The average Bonchev–Trinajstić information content (AvgIpc) is 2.52. The Bertz CT molecular complexity index is 281. The summed E-state index contributed by atoms with van der Waals surface area (Å²) in [4.78, 5) is 5.39. The molecule has 1 atom stereocenters. The van der Waals surface area contributed by atoms with Crippen LogP contribution in [0.1, 0.15) is 36.7 Å². The topological polar surface area (TPSA) is 48.1 Å². The van der Waals surface area contributed by atoms with E-state index in [1.807, 2.05) is 27.0 Å². The van der Waals surface area contributed by atoms with Gasteiger partial charge in [0.15, 0.2) is 0 Å². The predicted octanol–water partition coefficient (Wildman–Crippen LogP) is 2.04. The first-order chi connectivity index (χ1) is 5.97. The molecule has 1 unspecified atom stereocenters. The lowest BCUT2D eigenvalue weighted by Crippen LogP contribution is -2.18.